The molecular weight excluding hydrogens is 395 g/mol. The van der Waals surface area contributed by atoms with Crippen molar-refractivity contribution in [3.05, 3.63) is 0 Å². The molecule has 0 fully saturated rings. The van der Waals surface area contributed by atoms with Crippen LogP contribution in [0.15, 0.2) is 0 Å². The number of phosphoric ester groups is 1. The molecule has 0 saturated carbocycles. The van der Waals surface area contributed by atoms with Gasteiger partial charge < -0.3 is 9.79 Å². The van der Waals surface area contributed by atoms with E-state index in [0.29, 0.717) is 0 Å². The Morgan fingerprint density at radius 1 is 1.31 bits per heavy atom. The summed E-state index contributed by atoms with van der Waals surface area (Å²) in [5.74, 6) is 0. The molecule has 0 radical (unpaired) electrons. The molecule has 8 heteroatoms. The maximum atomic E-state index is 10.3. The normalized spacial score (nSPS) is 17.0. The largest absolute Gasteiger partial charge is 0.469 e. The smallest absolute Gasteiger partial charge is 0.303 e. The molecule has 0 aromatic rings. The quantitative estimate of drug-likeness (QED) is 0.527. The van der Waals surface area contributed by atoms with Gasteiger partial charge in [-0.3, -0.25) is 4.52 Å². The van der Waals surface area contributed by atoms with Gasteiger partial charge in [-0.2, -0.15) is 0 Å². The van der Waals surface area contributed by atoms with Crippen molar-refractivity contribution in [2.45, 2.75) is 16.1 Å². The zero-order chi connectivity index (χ0) is 10.5. The minimum Gasteiger partial charge on any atom is -0.303 e. The average molecular weight is 405 g/mol. The second kappa shape index (κ2) is 6.93. The van der Waals surface area contributed by atoms with Gasteiger partial charge in [0.2, 0.25) is 0 Å². The van der Waals surface area contributed by atoms with Gasteiger partial charge >= 0.3 is 7.82 Å². The Morgan fingerprint density at radius 3 is 2.23 bits per heavy atom. The minimum atomic E-state index is -4.34. The monoisotopic (exact) mass is 402 g/mol. The van der Waals surface area contributed by atoms with E-state index >= 15 is 0 Å². The van der Waals surface area contributed by atoms with Crippen molar-refractivity contribution >= 4 is 55.6 Å². The van der Waals surface area contributed by atoms with Crippen LogP contribution in [0.4, 0.5) is 0 Å². The maximum Gasteiger partial charge on any atom is 0.469 e. The predicted molar refractivity (Wildman–Crippen MR) is 61.8 cm³/mol. The van der Waals surface area contributed by atoms with Crippen molar-refractivity contribution in [3.63, 3.8) is 0 Å². The summed E-state index contributed by atoms with van der Waals surface area (Å²) in [6, 6.07) is 0. The molecule has 13 heavy (non-hydrogen) atoms. The van der Waals surface area contributed by atoms with E-state index in [2.05, 4.69) is 52.3 Å². The van der Waals surface area contributed by atoms with Gasteiger partial charge in [-0.25, -0.2) is 4.57 Å². The van der Waals surface area contributed by atoms with Crippen LogP contribution < -0.4 is 0 Å². The zero-order valence-corrected chi connectivity index (χ0v) is 12.2. The molecule has 0 spiro atoms. The van der Waals surface area contributed by atoms with Crippen LogP contribution in [0.2, 0.25) is 0 Å². The van der Waals surface area contributed by atoms with E-state index in [4.69, 9.17) is 9.79 Å². The highest BCUT2D eigenvalue weighted by Gasteiger charge is 2.21. The second-order valence-electron chi connectivity index (χ2n) is 2.30. The van der Waals surface area contributed by atoms with Crippen molar-refractivity contribution < 1.29 is 18.9 Å². The lowest BCUT2D eigenvalue weighted by Crippen LogP contribution is -2.19. The lowest BCUT2D eigenvalue weighted by atomic mass is 10.3. The van der Waals surface area contributed by atoms with Gasteiger partial charge in [0, 0.05) is 10.2 Å². The fourth-order valence-electron chi connectivity index (χ4n) is 0.558. The van der Waals surface area contributed by atoms with Crippen LogP contribution >= 0.6 is 55.6 Å². The lowest BCUT2D eigenvalue weighted by Gasteiger charge is -2.15. The van der Waals surface area contributed by atoms with Gasteiger partial charge in [0.05, 0.1) is 11.4 Å². The molecule has 80 valence electrons. The van der Waals surface area contributed by atoms with Crippen molar-refractivity contribution in [1.29, 1.82) is 0 Å². The second-order valence-corrected chi connectivity index (χ2v) is 6.68. The molecule has 2 atom stereocenters. The molecule has 0 aromatic heterocycles. The third-order valence-electron chi connectivity index (χ3n) is 1.18. The zero-order valence-electron chi connectivity index (χ0n) is 6.57. The van der Waals surface area contributed by atoms with Crippen LogP contribution in [0.3, 0.4) is 0 Å². The van der Waals surface area contributed by atoms with E-state index in [1.807, 2.05) is 0 Å². The first-order valence-electron chi connectivity index (χ1n) is 3.41. The van der Waals surface area contributed by atoms with Gasteiger partial charge in [-0.15, -0.1) is 0 Å². The molecule has 2 unspecified atom stereocenters. The van der Waals surface area contributed by atoms with E-state index in [1.54, 1.807) is 0 Å². The number of halogens is 3. The molecule has 0 bridgehead atoms. The summed E-state index contributed by atoms with van der Waals surface area (Å²) in [5.41, 5.74) is 0. The molecule has 4 nitrogen and oxygen atoms in total. The van der Waals surface area contributed by atoms with Gasteiger partial charge in [-0.1, -0.05) is 47.8 Å². The topological polar surface area (TPSA) is 66.8 Å². The fourth-order valence-corrected chi connectivity index (χ4v) is 3.00. The van der Waals surface area contributed by atoms with Crippen LogP contribution in [-0.2, 0) is 9.09 Å². The Balaban J connectivity index is 3.73. The Labute approximate surface area is 102 Å². The highest BCUT2D eigenvalue weighted by molar-refractivity contribution is 9.12. The summed E-state index contributed by atoms with van der Waals surface area (Å²) >= 11 is 9.89. The first-order valence-corrected chi connectivity index (χ1v) is 7.89. The Kier molecular flexibility index (Phi) is 7.76. The number of hydrogen-bond acceptors (Lipinski definition) is 2. The van der Waals surface area contributed by atoms with E-state index in [1.165, 1.54) is 0 Å². The highest BCUT2D eigenvalue weighted by Crippen LogP contribution is 2.37. The van der Waals surface area contributed by atoms with Gasteiger partial charge in [0.15, 0.2) is 0 Å². The number of phosphoric acid groups is 1. The van der Waals surface area contributed by atoms with Crippen molar-refractivity contribution in [1.82, 2.24) is 0 Å². The molecule has 0 amide bonds. The average Bonchev–Trinajstić information content (AvgIpc) is 1.99. The molecule has 0 aliphatic heterocycles. The Morgan fingerprint density at radius 2 is 1.85 bits per heavy atom. The van der Waals surface area contributed by atoms with Crippen LogP contribution in [0.25, 0.3) is 0 Å². The molecule has 0 aliphatic rings. The van der Waals surface area contributed by atoms with E-state index in [9.17, 15) is 4.57 Å². The predicted octanol–water partition coefficient (Wildman–Crippen LogP) is 2.41. The lowest BCUT2D eigenvalue weighted by molar-refractivity contribution is 0.198. The summed E-state index contributed by atoms with van der Waals surface area (Å²) in [7, 11) is -4.34. The van der Waals surface area contributed by atoms with E-state index in [-0.39, 0.29) is 16.3 Å². The Bertz CT molecular complexity index is 185. The summed E-state index contributed by atoms with van der Waals surface area (Å²) in [5, 5.41) is 0.820. The maximum absolute atomic E-state index is 10.3. The highest BCUT2D eigenvalue weighted by atomic mass is 79.9. The molecule has 0 saturated heterocycles. The van der Waals surface area contributed by atoms with Crippen molar-refractivity contribution in [3.8, 4) is 0 Å². The first-order chi connectivity index (χ1) is 5.87. The first kappa shape index (κ1) is 14.6. The third kappa shape index (κ3) is 8.54. The van der Waals surface area contributed by atoms with E-state index in [0.717, 1.165) is 11.8 Å². The fraction of sp³-hybridized carbons (Fsp3) is 1.00. The molecule has 0 aliphatic carbocycles. The van der Waals surface area contributed by atoms with Gasteiger partial charge in [0.1, 0.15) is 0 Å². The minimum absolute atomic E-state index is 0.0206. The SMILES string of the molecule is O=P(O)(O)OCC(Br)C(Br)CCBr. The number of alkyl halides is 3. The summed E-state index contributed by atoms with van der Waals surface area (Å²) < 4.78 is 14.7. The molecule has 0 heterocycles. The Hall–Kier alpha value is 1.55. The number of rotatable bonds is 6. The molecule has 2 N–H and O–H groups in total. The molecule has 0 rings (SSSR count). The van der Waals surface area contributed by atoms with Crippen LogP contribution in [-0.4, -0.2) is 31.4 Å². The van der Waals surface area contributed by atoms with Crippen LogP contribution in [0.5, 0.6) is 0 Å². The molecule has 0 aromatic carbocycles. The van der Waals surface area contributed by atoms with Gasteiger partial charge in [-0.05, 0) is 6.42 Å². The van der Waals surface area contributed by atoms with E-state index < -0.39 is 7.82 Å². The third-order valence-corrected chi connectivity index (χ3v) is 4.83. The van der Waals surface area contributed by atoms with Crippen molar-refractivity contribution in [2.75, 3.05) is 11.9 Å². The van der Waals surface area contributed by atoms with Crippen molar-refractivity contribution in [2.24, 2.45) is 0 Å². The van der Waals surface area contributed by atoms with Crippen LogP contribution in [0, 0.1) is 0 Å². The summed E-state index contributed by atoms with van der Waals surface area (Å²) in [6.07, 6.45) is 0.848. The summed E-state index contributed by atoms with van der Waals surface area (Å²) in [4.78, 5) is 16.9. The molecular formula is C5H10Br3O4P. The van der Waals surface area contributed by atoms with Crippen LogP contribution in [0.1, 0.15) is 6.42 Å². The number of hydrogen-bond donors (Lipinski definition) is 2. The van der Waals surface area contributed by atoms with Gasteiger partial charge in [0.25, 0.3) is 0 Å². The standard InChI is InChI=1S/C5H10Br3O4P/c6-2-1-4(7)5(8)3-12-13(9,10)11/h4-5H,1-3H2,(H2,9,10,11). The summed E-state index contributed by atoms with van der Waals surface area (Å²) in [6.45, 7) is -0.0206.